The van der Waals surface area contributed by atoms with Crippen molar-refractivity contribution in [2.45, 2.75) is 19.4 Å². The van der Waals surface area contributed by atoms with Crippen LogP contribution < -0.4 is 5.32 Å². The van der Waals surface area contributed by atoms with E-state index in [9.17, 15) is 0 Å². The van der Waals surface area contributed by atoms with Gasteiger partial charge in [0.1, 0.15) is 11.6 Å². The van der Waals surface area contributed by atoms with Gasteiger partial charge in [0, 0.05) is 27.2 Å². The zero-order valence-corrected chi connectivity index (χ0v) is 12.6. The van der Waals surface area contributed by atoms with Crippen molar-refractivity contribution in [3.8, 4) is 0 Å². The second-order valence-corrected chi connectivity index (χ2v) is 5.65. The molecule has 2 aromatic heterocycles. The second kappa shape index (κ2) is 5.95. The van der Waals surface area contributed by atoms with Crippen molar-refractivity contribution in [1.29, 1.82) is 0 Å². The molecule has 2 N–H and O–H groups in total. The number of hydrogen-bond acceptors (Lipinski definition) is 6. The number of likely N-dealkylation sites (tertiary alicyclic amines) is 1. The van der Waals surface area contributed by atoms with Gasteiger partial charge in [-0.3, -0.25) is 9.58 Å². The molecule has 1 atom stereocenters. The summed E-state index contributed by atoms with van der Waals surface area (Å²) < 4.78 is 1.78. The van der Waals surface area contributed by atoms with Gasteiger partial charge in [-0.2, -0.15) is 5.10 Å². The van der Waals surface area contributed by atoms with Crippen molar-refractivity contribution in [2.75, 3.05) is 32.1 Å². The number of anilines is 1. The van der Waals surface area contributed by atoms with E-state index in [0.29, 0.717) is 5.92 Å². The van der Waals surface area contributed by atoms with Gasteiger partial charge in [0.2, 0.25) is 0 Å². The molecule has 1 aliphatic heterocycles. The fraction of sp³-hybridized carbons (Fsp3) is 0.643. The van der Waals surface area contributed by atoms with Gasteiger partial charge < -0.3 is 10.4 Å². The van der Waals surface area contributed by atoms with Crippen LogP contribution in [0, 0.1) is 5.92 Å². The van der Waals surface area contributed by atoms with Crippen molar-refractivity contribution >= 4 is 16.9 Å². The first-order valence-electron chi connectivity index (χ1n) is 7.41. The molecule has 114 valence electrons. The van der Waals surface area contributed by atoms with Crippen LogP contribution in [0.3, 0.4) is 0 Å². The molecule has 0 bridgehead atoms. The maximum atomic E-state index is 9.04. The Labute approximate surface area is 124 Å². The van der Waals surface area contributed by atoms with Crippen LogP contribution in [0.25, 0.3) is 11.0 Å². The van der Waals surface area contributed by atoms with Crippen LogP contribution >= 0.6 is 0 Å². The highest BCUT2D eigenvalue weighted by molar-refractivity contribution is 5.86. The lowest BCUT2D eigenvalue weighted by atomic mass is 10.1. The zero-order valence-electron chi connectivity index (χ0n) is 12.6. The van der Waals surface area contributed by atoms with Crippen LogP contribution in [0.5, 0.6) is 0 Å². The molecule has 1 unspecified atom stereocenters. The quantitative estimate of drug-likeness (QED) is 0.840. The summed E-state index contributed by atoms with van der Waals surface area (Å²) in [5.41, 5.74) is 0.857. The number of nitrogens with one attached hydrogen (secondary N) is 1. The molecule has 0 aromatic carbocycles. The largest absolute Gasteiger partial charge is 0.396 e. The molecule has 1 fully saturated rings. The predicted octanol–water partition coefficient (Wildman–Crippen LogP) is 0.609. The van der Waals surface area contributed by atoms with E-state index in [2.05, 4.69) is 25.3 Å². The maximum absolute atomic E-state index is 9.04. The highest BCUT2D eigenvalue weighted by Gasteiger charge is 2.23. The van der Waals surface area contributed by atoms with Crippen molar-refractivity contribution in [3.63, 3.8) is 0 Å². The number of aliphatic hydroxyl groups is 1. The monoisotopic (exact) mass is 290 g/mol. The average Bonchev–Trinajstić information content (AvgIpc) is 3.07. The van der Waals surface area contributed by atoms with Crippen LogP contribution in [0.2, 0.25) is 0 Å². The van der Waals surface area contributed by atoms with E-state index >= 15 is 0 Å². The average molecular weight is 290 g/mol. The predicted molar refractivity (Wildman–Crippen MR) is 80.9 cm³/mol. The van der Waals surface area contributed by atoms with Gasteiger partial charge in [0.05, 0.1) is 18.1 Å². The fourth-order valence-corrected chi connectivity index (χ4v) is 3.00. The Morgan fingerprint density at radius 3 is 3.05 bits per heavy atom. The first kappa shape index (κ1) is 14.2. The summed E-state index contributed by atoms with van der Waals surface area (Å²) in [5, 5.41) is 17.4. The van der Waals surface area contributed by atoms with Gasteiger partial charge in [-0.25, -0.2) is 9.97 Å². The lowest BCUT2D eigenvalue weighted by molar-refractivity contribution is 0.248. The molecular weight excluding hydrogens is 268 g/mol. The van der Waals surface area contributed by atoms with Crippen LogP contribution in [0.15, 0.2) is 6.20 Å². The molecule has 3 heterocycles. The van der Waals surface area contributed by atoms with Gasteiger partial charge in [-0.1, -0.05) is 0 Å². The minimum Gasteiger partial charge on any atom is -0.396 e. The van der Waals surface area contributed by atoms with Crippen LogP contribution in [0.1, 0.15) is 18.7 Å². The molecule has 1 saturated heterocycles. The molecule has 21 heavy (non-hydrogen) atoms. The summed E-state index contributed by atoms with van der Waals surface area (Å²) >= 11 is 0. The number of aromatic nitrogens is 4. The van der Waals surface area contributed by atoms with E-state index in [0.717, 1.165) is 55.2 Å². The Hall–Kier alpha value is -1.73. The molecule has 1 aliphatic rings. The first-order chi connectivity index (χ1) is 10.2. The van der Waals surface area contributed by atoms with Gasteiger partial charge in [-0.15, -0.1) is 0 Å². The standard InChI is InChI=1S/C14H22N6O/c1-15-13-11-7-16-19(2)14(11)18-12(17-13)9-20-5-3-10(8-20)4-6-21/h7,10,21H,3-6,8-9H2,1-2H3,(H,15,17,18). The highest BCUT2D eigenvalue weighted by atomic mass is 16.3. The summed E-state index contributed by atoms with van der Waals surface area (Å²) in [5.74, 6) is 2.24. The second-order valence-electron chi connectivity index (χ2n) is 5.65. The molecular formula is C14H22N6O. The molecule has 0 aliphatic carbocycles. The Kier molecular flexibility index (Phi) is 4.03. The van der Waals surface area contributed by atoms with E-state index in [-0.39, 0.29) is 6.61 Å². The number of nitrogens with zero attached hydrogens (tertiary/aromatic N) is 5. The number of rotatable bonds is 5. The van der Waals surface area contributed by atoms with Crippen LogP contribution in [-0.2, 0) is 13.6 Å². The molecule has 7 heteroatoms. The van der Waals surface area contributed by atoms with Gasteiger partial charge in [0.25, 0.3) is 0 Å². The Balaban J connectivity index is 1.79. The third-order valence-corrected chi connectivity index (χ3v) is 4.15. The number of hydrogen-bond donors (Lipinski definition) is 2. The van der Waals surface area contributed by atoms with E-state index in [1.165, 1.54) is 0 Å². The molecule has 0 spiro atoms. The van der Waals surface area contributed by atoms with Gasteiger partial charge in [0.15, 0.2) is 5.65 Å². The minimum absolute atomic E-state index is 0.278. The third-order valence-electron chi connectivity index (χ3n) is 4.15. The van der Waals surface area contributed by atoms with Crippen molar-refractivity contribution in [3.05, 3.63) is 12.0 Å². The Morgan fingerprint density at radius 2 is 2.29 bits per heavy atom. The summed E-state index contributed by atoms with van der Waals surface area (Å²) in [6, 6.07) is 0. The molecule has 3 rings (SSSR count). The summed E-state index contributed by atoms with van der Waals surface area (Å²) in [6.07, 6.45) is 3.82. The maximum Gasteiger partial charge on any atom is 0.163 e. The van der Waals surface area contributed by atoms with Crippen molar-refractivity contribution in [2.24, 2.45) is 13.0 Å². The van der Waals surface area contributed by atoms with Crippen molar-refractivity contribution < 1.29 is 5.11 Å². The van der Waals surface area contributed by atoms with Crippen LogP contribution in [-0.4, -0.2) is 56.5 Å². The fourth-order valence-electron chi connectivity index (χ4n) is 3.00. The first-order valence-corrected chi connectivity index (χ1v) is 7.41. The molecule has 0 saturated carbocycles. The van der Waals surface area contributed by atoms with Gasteiger partial charge in [-0.05, 0) is 25.3 Å². The zero-order chi connectivity index (χ0) is 14.8. The van der Waals surface area contributed by atoms with Crippen LogP contribution in [0.4, 0.5) is 5.82 Å². The SMILES string of the molecule is CNc1nc(CN2CCC(CCO)C2)nc2c1cnn2C. The minimum atomic E-state index is 0.278. The normalized spacial score (nSPS) is 19.5. The van der Waals surface area contributed by atoms with Gasteiger partial charge >= 0.3 is 0 Å². The Bertz CT molecular complexity index is 625. The summed E-state index contributed by atoms with van der Waals surface area (Å²) in [4.78, 5) is 11.6. The number of fused-ring (bicyclic) bond motifs is 1. The molecule has 2 aromatic rings. The molecule has 0 radical (unpaired) electrons. The third kappa shape index (κ3) is 2.84. The van der Waals surface area contributed by atoms with E-state index in [4.69, 9.17) is 5.11 Å². The Morgan fingerprint density at radius 1 is 1.43 bits per heavy atom. The number of aryl methyl sites for hydroxylation is 1. The summed E-state index contributed by atoms with van der Waals surface area (Å²) in [7, 11) is 3.76. The molecule has 7 nitrogen and oxygen atoms in total. The van der Waals surface area contributed by atoms with E-state index < -0.39 is 0 Å². The lowest BCUT2D eigenvalue weighted by Gasteiger charge is -2.15. The topological polar surface area (TPSA) is 79.1 Å². The van der Waals surface area contributed by atoms with Crippen molar-refractivity contribution in [1.82, 2.24) is 24.6 Å². The lowest BCUT2D eigenvalue weighted by Crippen LogP contribution is -2.22. The molecule has 0 amide bonds. The van der Waals surface area contributed by atoms with E-state index in [1.807, 2.05) is 14.1 Å². The highest BCUT2D eigenvalue weighted by Crippen LogP contribution is 2.23. The summed E-state index contributed by atoms with van der Waals surface area (Å²) in [6.45, 7) is 3.09. The smallest absolute Gasteiger partial charge is 0.163 e. The van der Waals surface area contributed by atoms with E-state index in [1.54, 1.807) is 10.9 Å². The number of aliphatic hydroxyl groups excluding tert-OH is 1.